The monoisotopic (exact) mass is 233 g/mol. The molecule has 0 aromatic rings. The molecule has 0 aromatic heterocycles. The summed E-state index contributed by atoms with van der Waals surface area (Å²) in [5.74, 6) is -2.69. The van der Waals surface area contributed by atoms with Gasteiger partial charge in [0.25, 0.3) is 0 Å². The van der Waals surface area contributed by atoms with Crippen LogP contribution in [-0.4, -0.2) is 29.8 Å². The average molecular weight is 234 g/mol. The van der Waals surface area contributed by atoms with Crippen LogP contribution in [-0.2, 0) is 4.79 Å². The van der Waals surface area contributed by atoms with E-state index in [1.807, 2.05) is 0 Å². The van der Waals surface area contributed by atoms with Crippen LogP contribution in [0, 0.1) is 5.92 Å². The summed E-state index contributed by atoms with van der Waals surface area (Å²) in [7, 11) is 0. The number of carboxylic acid groups (broad SMARTS) is 1. The Balaban J connectivity index is 0.00000169. The second-order valence-electron chi connectivity index (χ2n) is 3.11. The zero-order chi connectivity index (χ0) is 10.1. The third-order valence-corrected chi connectivity index (χ3v) is 2.16. The summed E-state index contributed by atoms with van der Waals surface area (Å²) in [6.07, 6.45) is -4.66. The van der Waals surface area contributed by atoms with Crippen LogP contribution < -0.4 is 5.32 Å². The number of halogens is 4. The van der Waals surface area contributed by atoms with Gasteiger partial charge in [0.15, 0.2) is 0 Å². The topological polar surface area (TPSA) is 49.3 Å². The second kappa shape index (κ2) is 4.84. The van der Waals surface area contributed by atoms with Crippen LogP contribution in [0.3, 0.4) is 0 Å². The number of hydrogen-bond acceptors (Lipinski definition) is 2. The van der Waals surface area contributed by atoms with Crippen molar-refractivity contribution in [3.8, 4) is 0 Å². The molecule has 0 saturated carbocycles. The maximum Gasteiger partial charge on any atom is 0.391 e. The quantitative estimate of drug-likeness (QED) is 0.720. The SMILES string of the molecule is Cl.O=C(O)[C@@H]1C[C@@H](C(F)(F)F)CCN1. The number of alkyl halides is 3. The highest BCUT2D eigenvalue weighted by Gasteiger charge is 2.43. The van der Waals surface area contributed by atoms with Gasteiger partial charge in [0, 0.05) is 0 Å². The van der Waals surface area contributed by atoms with E-state index >= 15 is 0 Å². The smallest absolute Gasteiger partial charge is 0.391 e. The molecule has 1 fully saturated rings. The lowest BCUT2D eigenvalue weighted by atomic mass is 9.92. The molecule has 0 radical (unpaired) electrons. The highest BCUT2D eigenvalue weighted by molar-refractivity contribution is 5.85. The Morgan fingerprint density at radius 2 is 2.00 bits per heavy atom. The fraction of sp³-hybridized carbons (Fsp3) is 0.857. The maximum absolute atomic E-state index is 12.2. The van der Waals surface area contributed by atoms with Gasteiger partial charge in [-0.05, 0) is 19.4 Å². The van der Waals surface area contributed by atoms with E-state index in [0.717, 1.165) is 0 Å². The molecule has 1 aliphatic heterocycles. The third kappa shape index (κ3) is 3.34. The summed E-state index contributed by atoms with van der Waals surface area (Å²) in [5, 5.41) is 11.0. The summed E-state index contributed by atoms with van der Waals surface area (Å²) in [6.45, 7) is 0.112. The van der Waals surface area contributed by atoms with E-state index in [4.69, 9.17) is 5.11 Å². The third-order valence-electron chi connectivity index (χ3n) is 2.16. The molecule has 2 N–H and O–H groups in total. The van der Waals surface area contributed by atoms with E-state index in [2.05, 4.69) is 5.32 Å². The van der Waals surface area contributed by atoms with E-state index in [9.17, 15) is 18.0 Å². The molecule has 1 saturated heterocycles. The molecule has 14 heavy (non-hydrogen) atoms. The van der Waals surface area contributed by atoms with Gasteiger partial charge in [-0.2, -0.15) is 13.2 Å². The molecule has 0 aromatic carbocycles. The number of carboxylic acids is 1. The minimum absolute atomic E-state index is 0. The number of nitrogens with one attached hydrogen (secondary N) is 1. The Hall–Kier alpha value is -0.490. The Morgan fingerprint density at radius 1 is 1.43 bits per heavy atom. The number of aliphatic carboxylic acids is 1. The van der Waals surface area contributed by atoms with Gasteiger partial charge in [-0.15, -0.1) is 12.4 Å². The van der Waals surface area contributed by atoms with E-state index in [1.54, 1.807) is 0 Å². The van der Waals surface area contributed by atoms with Crippen molar-refractivity contribution in [3.63, 3.8) is 0 Å². The van der Waals surface area contributed by atoms with Crippen molar-refractivity contribution < 1.29 is 23.1 Å². The molecule has 3 nitrogen and oxygen atoms in total. The van der Waals surface area contributed by atoms with Crippen LogP contribution in [0.15, 0.2) is 0 Å². The van der Waals surface area contributed by atoms with Crippen LogP contribution in [0.5, 0.6) is 0 Å². The summed E-state index contributed by atoms with van der Waals surface area (Å²) in [4.78, 5) is 10.4. The summed E-state index contributed by atoms with van der Waals surface area (Å²) < 4.78 is 36.5. The lowest BCUT2D eigenvalue weighted by Gasteiger charge is -2.29. The van der Waals surface area contributed by atoms with Crippen molar-refractivity contribution in [3.05, 3.63) is 0 Å². The van der Waals surface area contributed by atoms with Gasteiger partial charge in [-0.25, -0.2) is 0 Å². The zero-order valence-electron chi connectivity index (χ0n) is 7.17. The molecule has 0 spiro atoms. The fourth-order valence-electron chi connectivity index (χ4n) is 1.40. The van der Waals surface area contributed by atoms with Crippen LogP contribution in [0.1, 0.15) is 12.8 Å². The van der Waals surface area contributed by atoms with Crippen LogP contribution in [0.2, 0.25) is 0 Å². The standard InChI is InChI=1S/C7H10F3NO2.ClH/c8-7(9,10)4-1-2-11-5(3-4)6(12)13;/h4-5,11H,1-3H2,(H,12,13);1H/t4-,5-;/m0./s1. The molecule has 1 heterocycles. The highest BCUT2D eigenvalue weighted by atomic mass is 35.5. The molecule has 1 aliphatic rings. The van der Waals surface area contributed by atoms with Gasteiger partial charge in [-0.1, -0.05) is 0 Å². The van der Waals surface area contributed by atoms with Crippen LogP contribution in [0.25, 0.3) is 0 Å². The van der Waals surface area contributed by atoms with Gasteiger partial charge in [0.05, 0.1) is 5.92 Å². The first kappa shape index (κ1) is 13.5. The predicted octanol–water partition coefficient (Wildman–Crippen LogP) is 1.42. The average Bonchev–Trinajstić information content (AvgIpc) is 2.03. The first-order chi connectivity index (χ1) is 5.91. The Labute approximate surface area is 85.1 Å². The van der Waals surface area contributed by atoms with Crippen molar-refractivity contribution in [2.75, 3.05) is 6.54 Å². The van der Waals surface area contributed by atoms with Crippen molar-refractivity contribution in [1.29, 1.82) is 0 Å². The number of hydrogen-bond donors (Lipinski definition) is 2. The molecule has 0 bridgehead atoms. The molecular weight excluding hydrogens is 223 g/mol. The van der Waals surface area contributed by atoms with Crippen LogP contribution in [0.4, 0.5) is 13.2 Å². The lowest BCUT2D eigenvalue weighted by molar-refractivity contribution is -0.184. The zero-order valence-corrected chi connectivity index (χ0v) is 7.99. The van der Waals surface area contributed by atoms with Crippen molar-refractivity contribution in [2.45, 2.75) is 25.1 Å². The van der Waals surface area contributed by atoms with E-state index in [-0.39, 0.29) is 31.8 Å². The molecule has 1 rings (SSSR count). The summed E-state index contributed by atoms with van der Waals surface area (Å²) in [5.41, 5.74) is 0. The summed E-state index contributed by atoms with van der Waals surface area (Å²) in [6, 6.07) is -1.06. The minimum Gasteiger partial charge on any atom is -0.480 e. The molecule has 2 atom stereocenters. The van der Waals surface area contributed by atoms with E-state index < -0.39 is 24.1 Å². The Morgan fingerprint density at radius 3 is 2.43 bits per heavy atom. The number of piperidine rings is 1. The van der Waals surface area contributed by atoms with Gasteiger partial charge in [0.1, 0.15) is 6.04 Å². The van der Waals surface area contributed by atoms with Crippen molar-refractivity contribution >= 4 is 18.4 Å². The first-order valence-corrected chi connectivity index (χ1v) is 3.94. The molecule has 0 unspecified atom stereocenters. The van der Waals surface area contributed by atoms with Crippen molar-refractivity contribution in [1.82, 2.24) is 5.32 Å². The second-order valence-corrected chi connectivity index (χ2v) is 3.11. The first-order valence-electron chi connectivity index (χ1n) is 3.94. The predicted molar refractivity (Wildman–Crippen MR) is 45.5 cm³/mol. The summed E-state index contributed by atoms with van der Waals surface area (Å²) >= 11 is 0. The molecule has 0 aliphatic carbocycles. The molecule has 84 valence electrons. The Bertz CT molecular complexity index is 210. The lowest BCUT2D eigenvalue weighted by Crippen LogP contribution is -2.46. The van der Waals surface area contributed by atoms with Gasteiger partial charge < -0.3 is 10.4 Å². The van der Waals surface area contributed by atoms with E-state index in [1.165, 1.54) is 0 Å². The number of rotatable bonds is 1. The minimum atomic E-state index is -4.27. The molecule has 0 amide bonds. The highest BCUT2D eigenvalue weighted by Crippen LogP contribution is 2.33. The normalized spacial score (nSPS) is 27.9. The largest absolute Gasteiger partial charge is 0.480 e. The van der Waals surface area contributed by atoms with Gasteiger partial charge in [-0.3, -0.25) is 4.79 Å². The van der Waals surface area contributed by atoms with Gasteiger partial charge in [0.2, 0.25) is 0 Å². The maximum atomic E-state index is 12.2. The molecule has 7 heteroatoms. The van der Waals surface area contributed by atoms with Crippen LogP contribution >= 0.6 is 12.4 Å². The Kier molecular flexibility index (Phi) is 4.67. The number of carbonyl (C=O) groups is 1. The van der Waals surface area contributed by atoms with E-state index in [0.29, 0.717) is 0 Å². The van der Waals surface area contributed by atoms with Gasteiger partial charge >= 0.3 is 12.1 Å². The van der Waals surface area contributed by atoms with Crippen molar-refractivity contribution in [2.24, 2.45) is 5.92 Å². The molecular formula is C7H11ClF3NO2. The fourth-order valence-corrected chi connectivity index (χ4v) is 1.40.